The molecule has 3 N–H and O–H groups in total. The van der Waals surface area contributed by atoms with E-state index in [0.717, 1.165) is 22.3 Å². The van der Waals surface area contributed by atoms with E-state index in [4.69, 9.17) is 27.9 Å². The first kappa shape index (κ1) is 23.6. The van der Waals surface area contributed by atoms with Crippen molar-refractivity contribution in [2.24, 2.45) is 0 Å². The summed E-state index contributed by atoms with van der Waals surface area (Å²) in [5.41, 5.74) is 3.98. The van der Waals surface area contributed by atoms with Crippen LogP contribution in [-0.2, 0) is 9.53 Å². The van der Waals surface area contributed by atoms with Crippen molar-refractivity contribution in [3.05, 3.63) is 87.4 Å². The van der Waals surface area contributed by atoms with Crippen LogP contribution in [0.2, 0.25) is 10.0 Å². The summed E-state index contributed by atoms with van der Waals surface area (Å²) >= 11 is 11.9. The molecule has 1 aliphatic rings. The maximum absolute atomic E-state index is 12.6. The van der Waals surface area contributed by atoms with E-state index in [1.165, 1.54) is 19.1 Å². The van der Waals surface area contributed by atoms with Crippen LogP contribution in [0.3, 0.4) is 0 Å². The molecule has 0 saturated carbocycles. The molecule has 1 atom stereocenters. The lowest BCUT2D eigenvalue weighted by molar-refractivity contribution is -0.117. The topological polar surface area (TPSA) is 105 Å². The lowest BCUT2D eigenvalue weighted by Gasteiger charge is -2.18. The fourth-order valence-electron chi connectivity index (χ4n) is 3.98. The molecule has 0 saturated heterocycles. The zero-order chi connectivity index (χ0) is 24.4. The number of fused-ring (bicyclic) bond motifs is 3. The number of carboxylic acid groups (broad SMARTS) is 1. The first-order valence-corrected chi connectivity index (χ1v) is 11.2. The first-order chi connectivity index (χ1) is 16.3. The number of hydrogen-bond donors (Lipinski definition) is 3. The van der Waals surface area contributed by atoms with Gasteiger partial charge in [0, 0.05) is 10.9 Å². The number of aromatic carboxylic acids is 1. The molecule has 1 unspecified atom stereocenters. The second kappa shape index (κ2) is 9.75. The van der Waals surface area contributed by atoms with E-state index < -0.39 is 24.0 Å². The summed E-state index contributed by atoms with van der Waals surface area (Å²) < 4.78 is 5.44. The zero-order valence-electron chi connectivity index (χ0n) is 18.0. The highest BCUT2D eigenvalue weighted by Gasteiger charge is 2.29. The van der Waals surface area contributed by atoms with Gasteiger partial charge in [0.25, 0.3) is 0 Å². The number of carboxylic acids is 1. The Kier molecular flexibility index (Phi) is 6.77. The van der Waals surface area contributed by atoms with E-state index in [1.807, 2.05) is 48.5 Å². The van der Waals surface area contributed by atoms with E-state index in [2.05, 4.69) is 10.6 Å². The smallest absolute Gasteiger partial charge is 0.407 e. The van der Waals surface area contributed by atoms with Crippen molar-refractivity contribution < 1.29 is 24.2 Å². The molecule has 0 spiro atoms. The highest BCUT2D eigenvalue weighted by Crippen LogP contribution is 2.44. The van der Waals surface area contributed by atoms with Crippen LogP contribution in [0.1, 0.15) is 34.3 Å². The van der Waals surface area contributed by atoms with Crippen LogP contribution in [0.5, 0.6) is 0 Å². The Balaban J connectivity index is 1.40. The normalized spacial score (nSPS) is 12.9. The van der Waals surface area contributed by atoms with E-state index in [1.54, 1.807) is 0 Å². The molecule has 0 bridgehead atoms. The molecule has 0 radical (unpaired) electrons. The molecule has 0 fully saturated rings. The fourth-order valence-corrected chi connectivity index (χ4v) is 4.52. The summed E-state index contributed by atoms with van der Waals surface area (Å²) in [6.45, 7) is 1.54. The standard InChI is InChI=1S/C25H20Cl2N2O5/c1-13(23(30)29-22-19(24(31)32)10-14(26)11-21(22)27)28-25(33)34-12-20-17-8-4-2-6-15(17)16-7-3-5-9-18(16)20/h2-11,13,20H,12H2,1H3,(H,28,33)(H,29,30)(H,31,32). The summed E-state index contributed by atoms with van der Waals surface area (Å²) in [7, 11) is 0. The van der Waals surface area contributed by atoms with Gasteiger partial charge in [0.1, 0.15) is 12.6 Å². The molecule has 34 heavy (non-hydrogen) atoms. The molecule has 3 aromatic carbocycles. The number of hydrogen-bond acceptors (Lipinski definition) is 4. The second-order valence-corrected chi connectivity index (χ2v) is 8.64. The first-order valence-electron chi connectivity index (χ1n) is 10.4. The van der Waals surface area contributed by atoms with Gasteiger partial charge in [-0.15, -0.1) is 0 Å². The minimum Gasteiger partial charge on any atom is -0.478 e. The summed E-state index contributed by atoms with van der Waals surface area (Å²) in [5.74, 6) is -2.09. The second-order valence-electron chi connectivity index (χ2n) is 7.80. The molecule has 0 aliphatic heterocycles. The number of alkyl carbamates (subject to hydrolysis) is 1. The number of ether oxygens (including phenoxy) is 1. The van der Waals surface area contributed by atoms with Gasteiger partial charge in [-0.3, -0.25) is 4.79 Å². The summed E-state index contributed by atoms with van der Waals surface area (Å²) in [4.78, 5) is 36.5. The molecule has 174 valence electrons. The lowest BCUT2D eigenvalue weighted by atomic mass is 9.98. The van der Waals surface area contributed by atoms with Crippen LogP contribution in [0, 0.1) is 0 Å². The van der Waals surface area contributed by atoms with Crippen molar-refractivity contribution in [3.63, 3.8) is 0 Å². The van der Waals surface area contributed by atoms with Crippen LogP contribution >= 0.6 is 23.2 Å². The summed E-state index contributed by atoms with van der Waals surface area (Å²) in [6, 6.07) is 17.4. The highest BCUT2D eigenvalue weighted by atomic mass is 35.5. The predicted molar refractivity (Wildman–Crippen MR) is 130 cm³/mol. The Labute approximate surface area is 205 Å². The predicted octanol–water partition coefficient (Wildman–Crippen LogP) is 5.56. The Morgan fingerprint density at radius 1 is 1.00 bits per heavy atom. The van der Waals surface area contributed by atoms with Gasteiger partial charge in [-0.05, 0) is 41.3 Å². The highest BCUT2D eigenvalue weighted by molar-refractivity contribution is 6.37. The summed E-state index contributed by atoms with van der Waals surface area (Å²) in [6.07, 6.45) is -0.773. The number of halogens is 2. The quantitative estimate of drug-likeness (QED) is 0.412. The number of benzene rings is 3. The van der Waals surface area contributed by atoms with Gasteiger partial charge in [0.05, 0.1) is 16.3 Å². The van der Waals surface area contributed by atoms with Crippen molar-refractivity contribution in [2.75, 3.05) is 11.9 Å². The largest absolute Gasteiger partial charge is 0.478 e. The Morgan fingerprint density at radius 2 is 1.59 bits per heavy atom. The maximum Gasteiger partial charge on any atom is 0.407 e. The van der Waals surface area contributed by atoms with Crippen LogP contribution in [0.4, 0.5) is 10.5 Å². The molecular weight excluding hydrogens is 479 g/mol. The van der Waals surface area contributed by atoms with Gasteiger partial charge in [0.15, 0.2) is 0 Å². The number of carbonyl (C=O) groups excluding carboxylic acids is 2. The van der Waals surface area contributed by atoms with Gasteiger partial charge in [0.2, 0.25) is 5.91 Å². The van der Waals surface area contributed by atoms with Crippen LogP contribution in [0.25, 0.3) is 11.1 Å². The van der Waals surface area contributed by atoms with Crippen LogP contribution in [-0.4, -0.2) is 35.7 Å². The number of nitrogens with one attached hydrogen (secondary N) is 2. The van der Waals surface area contributed by atoms with Crippen molar-refractivity contribution >= 4 is 46.9 Å². The van der Waals surface area contributed by atoms with Crippen molar-refractivity contribution in [1.82, 2.24) is 5.32 Å². The number of rotatable bonds is 6. The SMILES string of the molecule is CC(NC(=O)OCC1c2ccccc2-c2ccccc21)C(=O)Nc1c(Cl)cc(Cl)cc1C(=O)O. The van der Waals surface area contributed by atoms with Crippen molar-refractivity contribution in [3.8, 4) is 11.1 Å². The van der Waals surface area contributed by atoms with E-state index >= 15 is 0 Å². The third-order valence-corrected chi connectivity index (χ3v) is 6.12. The Bertz CT molecular complexity index is 1250. The minimum absolute atomic E-state index is 0.0356. The average molecular weight is 499 g/mol. The molecule has 0 heterocycles. The third-order valence-electron chi connectivity index (χ3n) is 5.60. The molecule has 2 amide bonds. The van der Waals surface area contributed by atoms with Crippen LogP contribution < -0.4 is 10.6 Å². The van der Waals surface area contributed by atoms with Gasteiger partial charge < -0.3 is 20.5 Å². The zero-order valence-corrected chi connectivity index (χ0v) is 19.5. The molecule has 9 heteroatoms. The molecule has 7 nitrogen and oxygen atoms in total. The number of carbonyl (C=O) groups is 3. The van der Waals surface area contributed by atoms with Gasteiger partial charge in [-0.1, -0.05) is 71.7 Å². The Morgan fingerprint density at radius 3 is 2.18 bits per heavy atom. The Hall–Kier alpha value is -3.55. The molecule has 3 aromatic rings. The molecule has 1 aliphatic carbocycles. The van der Waals surface area contributed by atoms with Crippen molar-refractivity contribution in [1.29, 1.82) is 0 Å². The number of amides is 2. The van der Waals surface area contributed by atoms with Crippen molar-refractivity contribution in [2.45, 2.75) is 18.9 Å². The third kappa shape index (κ3) is 4.71. The van der Waals surface area contributed by atoms with Crippen LogP contribution in [0.15, 0.2) is 60.7 Å². The minimum atomic E-state index is -1.31. The molecule has 4 rings (SSSR count). The fraction of sp³-hybridized carbons (Fsp3) is 0.160. The summed E-state index contributed by atoms with van der Waals surface area (Å²) in [5, 5.41) is 14.3. The lowest BCUT2D eigenvalue weighted by Crippen LogP contribution is -2.42. The average Bonchev–Trinajstić information content (AvgIpc) is 3.12. The van der Waals surface area contributed by atoms with Gasteiger partial charge >= 0.3 is 12.1 Å². The molecule has 0 aromatic heterocycles. The van der Waals surface area contributed by atoms with Gasteiger partial charge in [-0.2, -0.15) is 0 Å². The number of anilines is 1. The van der Waals surface area contributed by atoms with Gasteiger partial charge in [-0.25, -0.2) is 9.59 Å². The molecular formula is C25H20Cl2N2O5. The van der Waals surface area contributed by atoms with E-state index in [9.17, 15) is 19.5 Å². The van der Waals surface area contributed by atoms with E-state index in [0.29, 0.717) is 0 Å². The monoisotopic (exact) mass is 498 g/mol. The van der Waals surface area contributed by atoms with E-state index in [-0.39, 0.29) is 33.8 Å². The maximum atomic E-state index is 12.6.